The molecule has 0 bridgehead atoms. The molecule has 0 heterocycles. The van der Waals surface area contributed by atoms with E-state index in [0.717, 1.165) is 24.8 Å². The molecule has 0 spiro atoms. The van der Waals surface area contributed by atoms with E-state index in [1.807, 2.05) is 0 Å². The van der Waals surface area contributed by atoms with E-state index in [9.17, 15) is 13.5 Å². The van der Waals surface area contributed by atoms with Gasteiger partial charge in [-0.1, -0.05) is 32.4 Å². The predicted molar refractivity (Wildman–Crippen MR) is 81.5 cm³/mol. The normalized spacial score (nSPS) is 15.0. The van der Waals surface area contributed by atoms with Crippen molar-refractivity contribution in [1.29, 1.82) is 0 Å². The third-order valence-electron chi connectivity index (χ3n) is 3.42. The SMILES string of the molecule is CCCC(CC)NCC(O)c1ccc(S(C)(=O)=O)cc1. The number of hydrogen-bond acceptors (Lipinski definition) is 4. The van der Waals surface area contributed by atoms with Crippen LogP contribution in [0, 0.1) is 0 Å². The Kier molecular flexibility index (Phi) is 6.65. The molecule has 0 aliphatic heterocycles. The summed E-state index contributed by atoms with van der Waals surface area (Å²) < 4.78 is 22.7. The van der Waals surface area contributed by atoms with Gasteiger partial charge in [-0.05, 0) is 30.5 Å². The first-order valence-electron chi connectivity index (χ1n) is 7.10. The second-order valence-electron chi connectivity index (χ2n) is 5.16. The van der Waals surface area contributed by atoms with Crippen LogP contribution < -0.4 is 5.32 Å². The summed E-state index contributed by atoms with van der Waals surface area (Å²) in [5.74, 6) is 0. The first-order chi connectivity index (χ1) is 9.38. The smallest absolute Gasteiger partial charge is 0.175 e. The fraction of sp³-hybridized carbons (Fsp3) is 0.600. The third kappa shape index (κ3) is 5.23. The molecular weight excluding hydrogens is 274 g/mol. The zero-order valence-corrected chi connectivity index (χ0v) is 13.3. The summed E-state index contributed by atoms with van der Waals surface area (Å²) in [6.45, 7) is 4.75. The number of nitrogens with one attached hydrogen (secondary N) is 1. The average molecular weight is 299 g/mol. The van der Waals surface area contributed by atoms with E-state index in [4.69, 9.17) is 0 Å². The highest BCUT2D eigenvalue weighted by Crippen LogP contribution is 2.16. The molecule has 114 valence electrons. The first-order valence-corrected chi connectivity index (χ1v) is 8.99. The van der Waals surface area contributed by atoms with Crippen LogP contribution in [0.15, 0.2) is 29.2 Å². The van der Waals surface area contributed by atoms with Gasteiger partial charge in [-0.15, -0.1) is 0 Å². The highest BCUT2D eigenvalue weighted by Gasteiger charge is 2.12. The molecule has 5 heteroatoms. The van der Waals surface area contributed by atoms with Gasteiger partial charge in [-0.2, -0.15) is 0 Å². The zero-order chi connectivity index (χ0) is 15.2. The van der Waals surface area contributed by atoms with Crippen LogP contribution in [0.3, 0.4) is 0 Å². The van der Waals surface area contributed by atoms with Gasteiger partial charge in [0, 0.05) is 18.8 Å². The molecule has 2 atom stereocenters. The van der Waals surface area contributed by atoms with Crippen molar-refractivity contribution >= 4 is 9.84 Å². The Morgan fingerprint density at radius 1 is 1.20 bits per heavy atom. The Hall–Kier alpha value is -0.910. The lowest BCUT2D eigenvalue weighted by Gasteiger charge is -2.19. The molecule has 0 saturated carbocycles. The van der Waals surface area contributed by atoms with E-state index in [1.165, 1.54) is 18.4 Å². The largest absolute Gasteiger partial charge is 0.387 e. The van der Waals surface area contributed by atoms with Gasteiger partial charge in [0.2, 0.25) is 0 Å². The molecular formula is C15H25NO3S. The number of aliphatic hydroxyl groups is 1. The quantitative estimate of drug-likeness (QED) is 0.773. The molecule has 4 nitrogen and oxygen atoms in total. The van der Waals surface area contributed by atoms with Gasteiger partial charge in [0.25, 0.3) is 0 Å². The Labute approximate surface area is 122 Å². The summed E-state index contributed by atoms with van der Waals surface area (Å²) >= 11 is 0. The summed E-state index contributed by atoms with van der Waals surface area (Å²) in [6.07, 6.45) is 3.81. The molecule has 0 saturated heterocycles. The Bertz CT molecular complexity index is 496. The van der Waals surface area contributed by atoms with Crippen molar-refractivity contribution in [3.8, 4) is 0 Å². The van der Waals surface area contributed by atoms with Crippen molar-refractivity contribution in [2.45, 2.75) is 50.2 Å². The van der Waals surface area contributed by atoms with Crippen LogP contribution in [0.1, 0.15) is 44.8 Å². The van der Waals surface area contributed by atoms with Crippen LogP contribution in [0.4, 0.5) is 0 Å². The van der Waals surface area contributed by atoms with Crippen LogP contribution in [-0.2, 0) is 9.84 Å². The van der Waals surface area contributed by atoms with Crippen molar-refractivity contribution in [3.05, 3.63) is 29.8 Å². The van der Waals surface area contributed by atoms with Crippen molar-refractivity contribution < 1.29 is 13.5 Å². The highest BCUT2D eigenvalue weighted by molar-refractivity contribution is 7.90. The molecule has 0 amide bonds. The molecule has 0 aliphatic rings. The molecule has 0 radical (unpaired) electrons. The lowest BCUT2D eigenvalue weighted by molar-refractivity contribution is 0.168. The van der Waals surface area contributed by atoms with Crippen molar-refractivity contribution in [1.82, 2.24) is 5.32 Å². The average Bonchev–Trinajstić information content (AvgIpc) is 2.42. The molecule has 1 aromatic carbocycles. The van der Waals surface area contributed by atoms with Crippen LogP contribution >= 0.6 is 0 Å². The summed E-state index contributed by atoms with van der Waals surface area (Å²) in [7, 11) is -3.18. The molecule has 2 N–H and O–H groups in total. The standard InChI is InChI=1S/C15H25NO3S/c1-4-6-13(5-2)16-11-15(17)12-7-9-14(10-8-12)20(3,18)19/h7-10,13,15-17H,4-6,11H2,1-3H3. The number of hydrogen-bond donors (Lipinski definition) is 2. The van der Waals surface area contributed by atoms with Gasteiger partial charge in [-0.3, -0.25) is 0 Å². The number of rotatable bonds is 8. The molecule has 0 aromatic heterocycles. The molecule has 0 aliphatic carbocycles. The minimum Gasteiger partial charge on any atom is -0.387 e. The van der Waals surface area contributed by atoms with E-state index < -0.39 is 15.9 Å². The lowest BCUT2D eigenvalue weighted by Crippen LogP contribution is -2.32. The summed E-state index contributed by atoms with van der Waals surface area (Å²) in [4.78, 5) is 0.277. The fourth-order valence-electron chi connectivity index (χ4n) is 2.13. The Morgan fingerprint density at radius 2 is 1.80 bits per heavy atom. The molecule has 1 aromatic rings. The van der Waals surface area contributed by atoms with Crippen LogP contribution in [0.2, 0.25) is 0 Å². The van der Waals surface area contributed by atoms with Crippen molar-refractivity contribution in [2.75, 3.05) is 12.8 Å². The maximum atomic E-state index is 11.4. The minimum atomic E-state index is -3.18. The third-order valence-corrected chi connectivity index (χ3v) is 4.55. The van der Waals surface area contributed by atoms with Crippen LogP contribution in [0.5, 0.6) is 0 Å². The van der Waals surface area contributed by atoms with Crippen LogP contribution in [-0.4, -0.2) is 32.4 Å². The summed E-state index contributed by atoms with van der Waals surface area (Å²) in [5, 5.41) is 13.5. The Morgan fingerprint density at radius 3 is 2.25 bits per heavy atom. The van der Waals surface area contributed by atoms with Gasteiger partial charge in [-0.25, -0.2) is 8.42 Å². The maximum Gasteiger partial charge on any atom is 0.175 e. The van der Waals surface area contributed by atoms with E-state index in [1.54, 1.807) is 12.1 Å². The van der Waals surface area contributed by atoms with Gasteiger partial charge in [0.15, 0.2) is 9.84 Å². The van der Waals surface area contributed by atoms with Gasteiger partial charge < -0.3 is 10.4 Å². The number of aliphatic hydroxyl groups excluding tert-OH is 1. The first kappa shape index (κ1) is 17.1. The molecule has 2 unspecified atom stereocenters. The maximum absolute atomic E-state index is 11.4. The van der Waals surface area contributed by atoms with E-state index in [2.05, 4.69) is 19.2 Å². The lowest BCUT2D eigenvalue weighted by atomic mass is 10.1. The molecule has 1 rings (SSSR count). The zero-order valence-electron chi connectivity index (χ0n) is 12.5. The topological polar surface area (TPSA) is 66.4 Å². The van der Waals surface area contributed by atoms with Crippen LogP contribution in [0.25, 0.3) is 0 Å². The Balaban J connectivity index is 2.62. The summed E-state index contributed by atoms with van der Waals surface area (Å²) in [5.41, 5.74) is 0.733. The second-order valence-corrected chi connectivity index (χ2v) is 7.17. The number of sulfone groups is 1. The fourth-order valence-corrected chi connectivity index (χ4v) is 2.76. The minimum absolute atomic E-state index is 0.277. The van der Waals surface area contributed by atoms with Crippen molar-refractivity contribution in [3.63, 3.8) is 0 Å². The highest BCUT2D eigenvalue weighted by atomic mass is 32.2. The van der Waals surface area contributed by atoms with Gasteiger partial charge in [0.05, 0.1) is 11.0 Å². The van der Waals surface area contributed by atoms with E-state index in [-0.39, 0.29) is 4.90 Å². The molecule has 0 fully saturated rings. The molecule has 20 heavy (non-hydrogen) atoms. The van der Waals surface area contributed by atoms with Gasteiger partial charge >= 0.3 is 0 Å². The second kappa shape index (κ2) is 7.76. The van der Waals surface area contributed by atoms with E-state index >= 15 is 0 Å². The summed E-state index contributed by atoms with van der Waals surface area (Å²) in [6, 6.07) is 6.84. The number of benzene rings is 1. The van der Waals surface area contributed by atoms with Crippen molar-refractivity contribution in [2.24, 2.45) is 0 Å². The van der Waals surface area contributed by atoms with Gasteiger partial charge in [0.1, 0.15) is 0 Å². The monoisotopic (exact) mass is 299 g/mol. The predicted octanol–water partition coefficient (Wildman–Crippen LogP) is 2.29. The van der Waals surface area contributed by atoms with E-state index in [0.29, 0.717) is 12.6 Å².